The minimum Gasteiger partial charge on any atom is -0.465 e. The summed E-state index contributed by atoms with van der Waals surface area (Å²) in [6.45, 7) is 5.34. The van der Waals surface area contributed by atoms with Crippen molar-refractivity contribution >= 4 is 5.97 Å². The van der Waals surface area contributed by atoms with E-state index in [1.807, 2.05) is 0 Å². The van der Waals surface area contributed by atoms with Crippen molar-refractivity contribution in [3.63, 3.8) is 0 Å². The molecule has 1 rings (SSSR count). The van der Waals surface area contributed by atoms with Crippen LogP contribution in [-0.2, 0) is 19.0 Å². The van der Waals surface area contributed by atoms with Crippen LogP contribution in [0, 0.1) is 0 Å². The molecule has 0 aliphatic carbocycles. The molecule has 1 aliphatic heterocycles. The molecule has 1 fully saturated rings. The first-order chi connectivity index (χ1) is 7.56. The predicted octanol–water partition coefficient (Wildman–Crippen LogP) is 0.463. The van der Waals surface area contributed by atoms with Crippen LogP contribution in [-0.4, -0.2) is 44.0 Å². The van der Waals surface area contributed by atoms with Gasteiger partial charge in [0.2, 0.25) is 0 Å². The minimum absolute atomic E-state index is 0.144. The summed E-state index contributed by atoms with van der Waals surface area (Å²) in [6.07, 6.45) is 1.86. The summed E-state index contributed by atoms with van der Waals surface area (Å²) in [7, 11) is 0. The van der Waals surface area contributed by atoms with Gasteiger partial charge in [0.15, 0.2) is 0 Å². The fourth-order valence-corrected chi connectivity index (χ4v) is 1.49. The molecule has 0 aromatic carbocycles. The molecule has 1 heterocycles. The normalized spacial score (nSPS) is 21.4. The van der Waals surface area contributed by atoms with Gasteiger partial charge in [0.1, 0.15) is 5.54 Å². The monoisotopic (exact) mass is 231 g/mol. The first-order valence-corrected chi connectivity index (χ1v) is 5.71. The number of nitrogens with two attached hydrogens (primary N) is 1. The van der Waals surface area contributed by atoms with Gasteiger partial charge in [0.05, 0.1) is 19.3 Å². The summed E-state index contributed by atoms with van der Waals surface area (Å²) in [5, 5.41) is 0. The number of ether oxygens (including phenoxy) is 3. The SMILES string of the molecule is CCOC(=O)C(C)(N)COC1CCOCC1. The first kappa shape index (κ1) is 13.4. The van der Waals surface area contributed by atoms with E-state index >= 15 is 0 Å². The second kappa shape index (κ2) is 6.18. The summed E-state index contributed by atoms with van der Waals surface area (Å²) in [4.78, 5) is 11.5. The topological polar surface area (TPSA) is 70.8 Å². The first-order valence-electron chi connectivity index (χ1n) is 5.71. The van der Waals surface area contributed by atoms with E-state index in [2.05, 4.69) is 0 Å². The Bertz CT molecular complexity index is 224. The van der Waals surface area contributed by atoms with Crippen molar-refractivity contribution in [3.05, 3.63) is 0 Å². The summed E-state index contributed by atoms with van der Waals surface area (Å²) in [5.74, 6) is -0.415. The molecule has 0 aromatic rings. The zero-order valence-corrected chi connectivity index (χ0v) is 10.0. The lowest BCUT2D eigenvalue weighted by Gasteiger charge is -2.27. The van der Waals surface area contributed by atoms with Crippen molar-refractivity contribution in [1.82, 2.24) is 0 Å². The number of carbonyl (C=O) groups excluding carboxylic acids is 1. The molecule has 1 atom stereocenters. The molecule has 0 amide bonds. The van der Waals surface area contributed by atoms with Crippen LogP contribution in [0.25, 0.3) is 0 Å². The fraction of sp³-hybridized carbons (Fsp3) is 0.909. The quantitative estimate of drug-likeness (QED) is 0.696. The maximum Gasteiger partial charge on any atom is 0.328 e. The molecular weight excluding hydrogens is 210 g/mol. The molecule has 5 nitrogen and oxygen atoms in total. The third-order valence-electron chi connectivity index (χ3n) is 2.53. The molecule has 16 heavy (non-hydrogen) atoms. The Morgan fingerprint density at radius 1 is 1.50 bits per heavy atom. The lowest BCUT2D eigenvalue weighted by molar-refractivity contribution is -0.153. The minimum atomic E-state index is -1.06. The van der Waals surface area contributed by atoms with Crippen LogP contribution in [0.2, 0.25) is 0 Å². The zero-order valence-electron chi connectivity index (χ0n) is 10.0. The third-order valence-corrected chi connectivity index (χ3v) is 2.53. The van der Waals surface area contributed by atoms with E-state index in [-0.39, 0.29) is 12.7 Å². The van der Waals surface area contributed by atoms with Crippen LogP contribution >= 0.6 is 0 Å². The predicted molar refractivity (Wildman–Crippen MR) is 59.0 cm³/mol. The highest BCUT2D eigenvalue weighted by molar-refractivity contribution is 5.80. The molecule has 0 radical (unpaired) electrons. The number of carbonyl (C=O) groups is 1. The standard InChI is InChI=1S/C11H21NO4/c1-3-15-10(13)11(2,12)8-16-9-4-6-14-7-5-9/h9H,3-8,12H2,1-2H3. The Balaban J connectivity index is 2.31. The van der Waals surface area contributed by atoms with Gasteiger partial charge in [-0.15, -0.1) is 0 Å². The van der Waals surface area contributed by atoms with E-state index in [0.717, 1.165) is 12.8 Å². The van der Waals surface area contributed by atoms with E-state index < -0.39 is 11.5 Å². The number of hydrogen-bond donors (Lipinski definition) is 1. The highest BCUT2D eigenvalue weighted by Crippen LogP contribution is 2.13. The van der Waals surface area contributed by atoms with Gasteiger partial charge in [-0.1, -0.05) is 0 Å². The molecular formula is C11H21NO4. The molecule has 0 bridgehead atoms. The highest BCUT2D eigenvalue weighted by atomic mass is 16.5. The van der Waals surface area contributed by atoms with Gasteiger partial charge >= 0.3 is 5.97 Å². The van der Waals surface area contributed by atoms with Crippen LogP contribution < -0.4 is 5.73 Å². The van der Waals surface area contributed by atoms with Gasteiger partial charge in [0, 0.05) is 13.2 Å². The Morgan fingerprint density at radius 3 is 2.69 bits per heavy atom. The largest absolute Gasteiger partial charge is 0.465 e. The highest BCUT2D eigenvalue weighted by Gasteiger charge is 2.31. The average molecular weight is 231 g/mol. The van der Waals surface area contributed by atoms with E-state index in [4.69, 9.17) is 19.9 Å². The van der Waals surface area contributed by atoms with E-state index in [1.165, 1.54) is 0 Å². The molecule has 0 spiro atoms. The molecule has 1 unspecified atom stereocenters. The van der Waals surface area contributed by atoms with Crippen molar-refractivity contribution < 1.29 is 19.0 Å². The van der Waals surface area contributed by atoms with Gasteiger partial charge in [-0.05, 0) is 26.7 Å². The van der Waals surface area contributed by atoms with Crippen molar-refractivity contribution in [2.75, 3.05) is 26.4 Å². The van der Waals surface area contributed by atoms with Crippen LogP contribution in [0.4, 0.5) is 0 Å². The Labute approximate surface area is 96.2 Å². The maximum atomic E-state index is 11.5. The second-order valence-electron chi connectivity index (χ2n) is 4.26. The number of rotatable bonds is 5. The van der Waals surface area contributed by atoms with Gasteiger partial charge in [-0.25, -0.2) is 4.79 Å². The Hall–Kier alpha value is -0.650. The zero-order chi connectivity index (χ0) is 12.0. The van der Waals surface area contributed by atoms with E-state index in [0.29, 0.717) is 19.8 Å². The Kier molecular flexibility index (Phi) is 5.18. The van der Waals surface area contributed by atoms with Crippen molar-refractivity contribution in [3.8, 4) is 0 Å². The second-order valence-corrected chi connectivity index (χ2v) is 4.26. The fourth-order valence-electron chi connectivity index (χ4n) is 1.49. The molecule has 0 aromatic heterocycles. The van der Waals surface area contributed by atoms with Gasteiger partial charge in [0.25, 0.3) is 0 Å². The van der Waals surface area contributed by atoms with Crippen molar-refractivity contribution in [2.45, 2.75) is 38.3 Å². The molecule has 1 saturated heterocycles. The number of esters is 1. The van der Waals surface area contributed by atoms with Crippen LogP contribution in [0.15, 0.2) is 0 Å². The molecule has 2 N–H and O–H groups in total. The maximum absolute atomic E-state index is 11.5. The molecule has 94 valence electrons. The summed E-state index contributed by atoms with van der Waals surface area (Å²) in [6, 6.07) is 0. The molecule has 1 aliphatic rings. The van der Waals surface area contributed by atoms with Crippen LogP contribution in [0.1, 0.15) is 26.7 Å². The van der Waals surface area contributed by atoms with Crippen molar-refractivity contribution in [2.24, 2.45) is 5.73 Å². The molecule has 0 saturated carbocycles. The van der Waals surface area contributed by atoms with Crippen molar-refractivity contribution in [1.29, 1.82) is 0 Å². The molecule has 5 heteroatoms. The number of hydrogen-bond acceptors (Lipinski definition) is 5. The van der Waals surface area contributed by atoms with Gasteiger partial charge < -0.3 is 19.9 Å². The lowest BCUT2D eigenvalue weighted by atomic mass is 10.1. The third kappa shape index (κ3) is 4.08. The summed E-state index contributed by atoms with van der Waals surface area (Å²) >= 11 is 0. The lowest BCUT2D eigenvalue weighted by Crippen LogP contribution is -2.51. The van der Waals surface area contributed by atoms with E-state index in [1.54, 1.807) is 13.8 Å². The van der Waals surface area contributed by atoms with Gasteiger partial charge in [-0.3, -0.25) is 0 Å². The van der Waals surface area contributed by atoms with Gasteiger partial charge in [-0.2, -0.15) is 0 Å². The Morgan fingerprint density at radius 2 is 2.12 bits per heavy atom. The van der Waals surface area contributed by atoms with Crippen LogP contribution in [0.3, 0.4) is 0 Å². The summed E-state index contributed by atoms with van der Waals surface area (Å²) in [5.41, 5.74) is 4.77. The average Bonchev–Trinajstić information content (AvgIpc) is 2.28. The van der Waals surface area contributed by atoms with Crippen LogP contribution in [0.5, 0.6) is 0 Å². The van der Waals surface area contributed by atoms with E-state index in [9.17, 15) is 4.79 Å². The smallest absolute Gasteiger partial charge is 0.328 e. The summed E-state index contributed by atoms with van der Waals surface area (Å²) < 4.78 is 15.7.